The lowest BCUT2D eigenvalue weighted by Crippen LogP contribution is -2.21. The van der Waals surface area contributed by atoms with Gasteiger partial charge < -0.3 is 20.4 Å². The van der Waals surface area contributed by atoms with Crippen LogP contribution in [0.4, 0.5) is 11.4 Å². The maximum absolute atomic E-state index is 12.1. The normalized spacial score (nSPS) is 10.4. The summed E-state index contributed by atoms with van der Waals surface area (Å²) in [6.45, 7) is 0. The summed E-state index contributed by atoms with van der Waals surface area (Å²) in [6.07, 6.45) is 6.53. The Labute approximate surface area is 214 Å². The molecule has 0 aliphatic heterocycles. The van der Waals surface area contributed by atoms with Crippen LogP contribution in [0, 0.1) is 0 Å². The molecule has 2 N–H and O–H groups in total. The fraction of sp³-hybridized carbons (Fsp3) is 0.429. The molecule has 0 aliphatic rings. The smallest absolute Gasteiger partial charge is 0.253 e. The predicted octanol–water partition coefficient (Wildman–Crippen LogP) is 4.79. The van der Waals surface area contributed by atoms with E-state index in [2.05, 4.69) is 10.6 Å². The molecular weight excluding hydrogens is 456 g/mol. The van der Waals surface area contributed by atoms with Crippen molar-refractivity contribution in [1.29, 1.82) is 0 Å². The number of hydrogen-bond donors (Lipinski definition) is 2. The Balaban J connectivity index is 1.53. The molecule has 0 atom stereocenters. The lowest BCUT2D eigenvalue weighted by atomic mass is 10.1. The number of rotatable bonds is 13. The minimum atomic E-state index is -0.0716. The van der Waals surface area contributed by atoms with E-state index >= 15 is 0 Å². The number of anilines is 2. The number of hydrogen-bond acceptors (Lipinski definition) is 4. The largest absolute Gasteiger partial charge is 0.345 e. The molecule has 0 radical (unpaired) electrons. The molecule has 0 heterocycles. The lowest BCUT2D eigenvalue weighted by Gasteiger charge is -2.11. The van der Waals surface area contributed by atoms with Crippen LogP contribution >= 0.6 is 0 Å². The van der Waals surface area contributed by atoms with Crippen molar-refractivity contribution in [3.05, 3.63) is 59.7 Å². The minimum absolute atomic E-state index is 0.0301. The second-order valence-electron chi connectivity index (χ2n) is 9.27. The zero-order valence-corrected chi connectivity index (χ0v) is 21.8. The first-order valence-corrected chi connectivity index (χ1v) is 12.4. The molecule has 8 nitrogen and oxygen atoms in total. The maximum atomic E-state index is 12.1. The van der Waals surface area contributed by atoms with Crippen LogP contribution in [0.5, 0.6) is 0 Å². The molecule has 8 heteroatoms. The summed E-state index contributed by atoms with van der Waals surface area (Å²) in [7, 11) is 6.81. The molecule has 0 fully saturated rings. The third kappa shape index (κ3) is 9.90. The number of unbranched alkanes of at least 4 members (excludes halogenated alkanes) is 5. The van der Waals surface area contributed by atoms with Crippen LogP contribution in [0.3, 0.4) is 0 Å². The molecule has 0 unspecified atom stereocenters. The number of nitrogens with one attached hydrogen (secondary N) is 2. The summed E-state index contributed by atoms with van der Waals surface area (Å²) in [5.41, 5.74) is 2.54. The summed E-state index contributed by atoms with van der Waals surface area (Å²) in [6, 6.07) is 13.8. The van der Waals surface area contributed by atoms with Crippen molar-refractivity contribution in [2.24, 2.45) is 0 Å². The molecule has 0 bridgehead atoms. The first-order chi connectivity index (χ1) is 17.2. The van der Waals surface area contributed by atoms with Crippen LogP contribution < -0.4 is 10.6 Å². The van der Waals surface area contributed by atoms with Crippen LogP contribution in [-0.4, -0.2) is 61.6 Å². The highest BCUT2D eigenvalue weighted by molar-refractivity contribution is 5.96. The van der Waals surface area contributed by atoms with Crippen molar-refractivity contribution in [3.63, 3.8) is 0 Å². The SMILES string of the molecule is CN(C)C(=O)c1ccc(NC(=O)CCCCCCCCC(=O)Nc2ccc(C(=O)N(C)C)cc2)cc1. The van der Waals surface area contributed by atoms with Crippen LogP contribution in [0.2, 0.25) is 0 Å². The number of amides is 4. The minimum Gasteiger partial charge on any atom is -0.345 e. The van der Waals surface area contributed by atoms with E-state index in [4.69, 9.17) is 0 Å². The highest BCUT2D eigenvalue weighted by atomic mass is 16.2. The molecule has 0 saturated heterocycles. The number of nitrogens with zero attached hydrogens (tertiary/aromatic N) is 2. The first-order valence-electron chi connectivity index (χ1n) is 12.4. The van der Waals surface area contributed by atoms with E-state index in [1.165, 1.54) is 9.80 Å². The molecule has 0 aromatic heterocycles. The van der Waals surface area contributed by atoms with E-state index in [9.17, 15) is 19.2 Å². The summed E-state index contributed by atoms with van der Waals surface area (Å²) in [4.78, 5) is 51.1. The van der Waals surface area contributed by atoms with Crippen LogP contribution in [0.25, 0.3) is 0 Å². The fourth-order valence-corrected chi connectivity index (χ4v) is 3.63. The fourth-order valence-electron chi connectivity index (χ4n) is 3.63. The van der Waals surface area contributed by atoms with Crippen molar-refractivity contribution in [3.8, 4) is 0 Å². The molecule has 2 rings (SSSR count). The highest BCUT2D eigenvalue weighted by Gasteiger charge is 2.09. The van der Waals surface area contributed by atoms with Gasteiger partial charge in [0, 0.05) is 63.5 Å². The van der Waals surface area contributed by atoms with Gasteiger partial charge in [0.15, 0.2) is 0 Å². The van der Waals surface area contributed by atoms with Crippen molar-refractivity contribution in [2.45, 2.75) is 51.4 Å². The topological polar surface area (TPSA) is 98.8 Å². The van der Waals surface area contributed by atoms with E-state index < -0.39 is 0 Å². The Morgan fingerprint density at radius 3 is 1.14 bits per heavy atom. The Kier molecular flexibility index (Phi) is 11.6. The van der Waals surface area contributed by atoms with Crippen LogP contribution in [0.1, 0.15) is 72.1 Å². The van der Waals surface area contributed by atoms with Crippen LogP contribution in [0.15, 0.2) is 48.5 Å². The average Bonchev–Trinajstić information content (AvgIpc) is 2.85. The van der Waals surface area contributed by atoms with Gasteiger partial charge >= 0.3 is 0 Å². The Hall–Kier alpha value is -3.68. The Bertz CT molecular complexity index is 931. The third-order valence-corrected chi connectivity index (χ3v) is 5.70. The van der Waals surface area contributed by atoms with Crippen LogP contribution in [-0.2, 0) is 9.59 Å². The van der Waals surface area contributed by atoms with Gasteiger partial charge in [0.2, 0.25) is 11.8 Å². The van der Waals surface area contributed by atoms with Gasteiger partial charge in [-0.1, -0.05) is 25.7 Å². The predicted molar refractivity (Wildman–Crippen MR) is 143 cm³/mol. The monoisotopic (exact) mass is 494 g/mol. The quantitative estimate of drug-likeness (QED) is 0.391. The van der Waals surface area contributed by atoms with Gasteiger partial charge in [-0.25, -0.2) is 0 Å². The molecule has 0 spiro atoms. The standard InChI is InChI=1S/C28H38N4O4/c1-31(2)27(35)21-13-17-23(18-14-21)29-25(33)11-9-7-5-6-8-10-12-26(34)30-24-19-15-22(16-20-24)28(36)32(3)4/h13-20H,5-12H2,1-4H3,(H,29,33)(H,30,34). The van der Waals surface area contributed by atoms with Gasteiger partial charge in [-0.3, -0.25) is 19.2 Å². The van der Waals surface area contributed by atoms with Crippen molar-refractivity contribution >= 4 is 35.0 Å². The van der Waals surface area contributed by atoms with E-state index in [1.54, 1.807) is 76.7 Å². The van der Waals surface area contributed by atoms with Gasteiger partial charge in [-0.15, -0.1) is 0 Å². The van der Waals surface area contributed by atoms with E-state index in [-0.39, 0.29) is 23.6 Å². The van der Waals surface area contributed by atoms with Gasteiger partial charge in [-0.05, 0) is 61.4 Å². The average molecular weight is 495 g/mol. The summed E-state index contributed by atoms with van der Waals surface area (Å²) >= 11 is 0. The Morgan fingerprint density at radius 1 is 0.528 bits per heavy atom. The number of carbonyl (C=O) groups excluding carboxylic acids is 4. The first kappa shape index (κ1) is 28.6. The van der Waals surface area contributed by atoms with Crippen molar-refractivity contribution in [2.75, 3.05) is 38.8 Å². The third-order valence-electron chi connectivity index (χ3n) is 5.70. The molecular formula is C28H38N4O4. The molecule has 2 aromatic carbocycles. The zero-order chi connectivity index (χ0) is 26.5. The lowest BCUT2D eigenvalue weighted by molar-refractivity contribution is -0.117. The van der Waals surface area contributed by atoms with E-state index in [1.807, 2.05) is 0 Å². The molecule has 4 amide bonds. The molecule has 36 heavy (non-hydrogen) atoms. The van der Waals surface area contributed by atoms with E-state index in [0.29, 0.717) is 35.3 Å². The maximum Gasteiger partial charge on any atom is 0.253 e. The molecule has 0 saturated carbocycles. The van der Waals surface area contributed by atoms with Gasteiger partial charge in [0.25, 0.3) is 11.8 Å². The molecule has 0 aliphatic carbocycles. The zero-order valence-electron chi connectivity index (χ0n) is 21.8. The van der Waals surface area contributed by atoms with Crippen molar-refractivity contribution in [1.82, 2.24) is 9.80 Å². The summed E-state index contributed by atoms with van der Waals surface area (Å²) < 4.78 is 0. The number of carbonyl (C=O) groups is 4. The molecule has 2 aromatic rings. The second kappa shape index (κ2) is 14.7. The second-order valence-corrected chi connectivity index (χ2v) is 9.27. The van der Waals surface area contributed by atoms with Gasteiger partial charge in [0.1, 0.15) is 0 Å². The molecule has 194 valence electrons. The Morgan fingerprint density at radius 2 is 0.833 bits per heavy atom. The summed E-state index contributed by atoms with van der Waals surface area (Å²) in [5, 5.41) is 5.73. The van der Waals surface area contributed by atoms with Crippen molar-refractivity contribution < 1.29 is 19.2 Å². The van der Waals surface area contributed by atoms with E-state index in [0.717, 1.165) is 38.5 Å². The number of benzene rings is 2. The highest BCUT2D eigenvalue weighted by Crippen LogP contribution is 2.14. The van der Waals surface area contributed by atoms with Gasteiger partial charge in [-0.2, -0.15) is 0 Å². The summed E-state index contributed by atoms with van der Waals surface area (Å²) in [5.74, 6) is -0.203. The van der Waals surface area contributed by atoms with Gasteiger partial charge in [0.05, 0.1) is 0 Å².